The van der Waals surface area contributed by atoms with Gasteiger partial charge in [-0.3, -0.25) is 14.2 Å². The van der Waals surface area contributed by atoms with Crippen LogP contribution in [0.25, 0.3) is 21.7 Å². The number of benzene rings is 1. The number of amides is 1. The van der Waals surface area contributed by atoms with Crippen molar-refractivity contribution >= 4 is 39.1 Å². The first-order chi connectivity index (χ1) is 15.8. The summed E-state index contributed by atoms with van der Waals surface area (Å²) < 4.78 is 7.26. The Morgan fingerprint density at radius 1 is 1.24 bits per heavy atom. The SMILES string of the molecule is Cc1sc2ncn(CCC(=O)N(Cc3nnc(-c4ccccc4Cl)o3)C(C)C)c(=O)c2c1C. The lowest BCUT2D eigenvalue weighted by Crippen LogP contribution is -2.37. The fraction of sp³-hybridized carbons (Fsp3) is 0.348. The highest BCUT2D eigenvalue weighted by atomic mass is 35.5. The van der Waals surface area contributed by atoms with Gasteiger partial charge in [0.25, 0.3) is 5.56 Å². The molecule has 0 aliphatic carbocycles. The Labute approximate surface area is 199 Å². The number of aryl methyl sites for hydroxylation is 3. The molecule has 0 atom stereocenters. The van der Waals surface area contributed by atoms with Gasteiger partial charge in [-0.1, -0.05) is 23.7 Å². The van der Waals surface area contributed by atoms with Crippen molar-refractivity contribution in [1.29, 1.82) is 0 Å². The van der Waals surface area contributed by atoms with Crippen LogP contribution in [-0.2, 0) is 17.9 Å². The number of carbonyl (C=O) groups excluding carboxylic acids is 1. The van der Waals surface area contributed by atoms with Gasteiger partial charge in [0.05, 0.1) is 28.8 Å². The fourth-order valence-corrected chi connectivity index (χ4v) is 4.76. The molecule has 0 N–H and O–H groups in total. The normalized spacial score (nSPS) is 11.5. The molecule has 0 spiro atoms. The number of halogens is 1. The first-order valence-corrected chi connectivity index (χ1v) is 11.8. The van der Waals surface area contributed by atoms with Crippen LogP contribution in [0, 0.1) is 13.8 Å². The van der Waals surface area contributed by atoms with Crippen LogP contribution in [0.3, 0.4) is 0 Å². The van der Waals surface area contributed by atoms with E-state index in [4.69, 9.17) is 16.0 Å². The number of hydrogen-bond donors (Lipinski definition) is 0. The highest BCUT2D eigenvalue weighted by molar-refractivity contribution is 7.18. The minimum absolute atomic E-state index is 0.0905. The van der Waals surface area contributed by atoms with Crippen molar-refractivity contribution in [2.24, 2.45) is 0 Å². The summed E-state index contributed by atoms with van der Waals surface area (Å²) in [6.07, 6.45) is 1.67. The molecule has 33 heavy (non-hydrogen) atoms. The molecule has 0 saturated carbocycles. The lowest BCUT2D eigenvalue weighted by Gasteiger charge is -2.25. The van der Waals surface area contributed by atoms with Crippen LogP contribution < -0.4 is 5.56 Å². The van der Waals surface area contributed by atoms with Crippen molar-refractivity contribution in [3.63, 3.8) is 0 Å². The molecule has 0 radical (unpaired) electrons. The van der Waals surface area contributed by atoms with Crippen molar-refractivity contribution in [3.8, 4) is 11.5 Å². The maximum Gasteiger partial charge on any atom is 0.262 e. The molecule has 0 fully saturated rings. The van der Waals surface area contributed by atoms with Gasteiger partial charge in [-0.2, -0.15) is 0 Å². The molecule has 10 heteroatoms. The van der Waals surface area contributed by atoms with E-state index in [2.05, 4.69) is 15.2 Å². The number of carbonyl (C=O) groups is 1. The van der Waals surface area contributed by atoms with Crippen LogP contribution in [0.15, 0.2) is 39.8 Å². The monoisotopic (exact) mass is 485 g/mol. The van der Waals surface area contributed by atoms with E-state index >= 15 is 0 Å². The molecule has 1 aromatic carbocycles. The number of aromatic nitrogens is 4. The third-order valence-electron chi connectivity index (χ3n) is 5.54. The third kappa shape index (κ3) is 4.69. The predicted octanol–water partition coefficient (Wildman–Crippen LogP) is 4.61. The van der Waals surface area contributed by atoms with Crippen LogP contribution in [0.1, 0.15) is 36.6 Å². The summed E-state index contributed by atoms with van der Waals surface area (Å²) in [4.78, 5) is 33.8. The standard InChI is InChI=1S/C23H24ClN5O3S/c1-13(2)29(11-18-26-27-21(32-18)16-7-5-6-8-17(16)24)19(30)9-10-28-12-25-22-20(23(28)31)14(3)15(4)33-22/h5-8,12-13H,9-11H2,1-4H3. The van der Waals surface area contributed by atoms with Gasteiger partial charge in [-0.15, -0.1) is 21.5 Å². The van der Waals surface area contributed by atoms with Gasteiger partial charge in [-0.25, -0.2) is 4.98 Å². The lowest BCUT2D eigenvalue weighted by atomic mass is 10.2. The zero-order valence-corrected chi connectivity index (χ0v) is 20.4. The minimum atomic E-state index is -0.118. The number of nitrogens with zero attached hydrogens (tertiary/aromatic N) is 5. The molecule has 3 aromatic heterocycles. The van der Waals surface area contributed by atoms with E-state index in [0.717, 1.165) is 15.3 Å². The summed E-state index contributed by atoms with van der Waals surface area (Å²) in [5.74, 6) is 0.503. The molecule has 3 heterocycles. The molecular weight excluding hydrogens is 462 g/mol. The highest BCUT2D eigenvalue weighted by Gasteiger charge is 2.22. The zero-order chi connectivity index (χ0) is 23.7. The van der Waals surface area contributed by atoms with Crippen molar-refractivity contribution in [3.05, 3.63) is 62.3 Å². The second kappa shape index (κ2) is 9.44. The van der Waals surface area contributed by atoms with Crippen molar-refractivity contribution in [2.75, 3.05) is 0 Å². The number of thiophene rings is 1. The second-order valence-electron chi connectivity index (χ2n) is 8.05. The molecule has 8 nitrogen and oxygen atoms in total. The molecule has 1 amide bonds. The van der Waals surface area contributed by atoms with Gasteiger partial charge in [0.15, 0.2) is 0 Å². The summed E-state index contributed by atoms with van der Waals surface area (Å²) in [5.41, 5.74) is 1.47. The van der Waals surface area contributed by atoms with E-state index in [-0.39, 0.29) is 37.0 Å². The second-order valence-corrected chi connectivity index (χ2v) is 9.66. The molecule has 172 valence electrons. The van der Waals surface area contributed by atoms with Crippen LogP contribution in [0.2, 0.25) is 5.02 Å². The lowest BCUT2D eigenvalue weighted by molar-refractivity contribution is -0.134. The first kappa shape index (κ1) is 23.1. The smallest absolute Gasteiger partial charge is 0.262 e. The van der Waals surface area contributed by atoms with Gasteiger partial charge >= 0.3 is 0 Å². The van der Waals surface area contributed by atoms with E-state index < -0.39 is 0 Å². The fourth-order valence-electron chi connectivity index (χ4n) is 3.55. The zero-order valence-electron chi connectivity index (χ0n) is 18.8. The van der Waals surface area contributed by atoms with Gasteiger partial charge in [0.2, 0.25) is 17.7 Å². The van der Waals surface area contributed by atoms with Crippen molar-refractivity contribution in [2.45, 2.75) is 53.2 Å². The number of hydrogen-bond acceptors (Lipinski definition) is 7. The average molecular weight is 486 g/mol. The van der Waals surface area contributed by atoms with Gasteiger partial charge < -0.3 is 9.32 Å². The van der Waals surface area contributed by atoms with E-state index in [1.54, 1.807) is 17.0 Å². The maximum absolute atomic E-state index is 13.0. The Morgan fingerprint density at radius 3 is 2.73 bits per heavy atom. The summed E-state index contributed by atoms with van der Waals surface area (Å²) in [6, 6.07) is 7.11. The molecule has 0 aliphatic rings. The average Bonchev–Trinajstić information content (AvgIpc) is 3.36. The van der Waals surface area contributed by atoms with E-state index in [0.29, 0.717) is 27.8 Å². The number of fused-ring (bicyclic) bond motifs is 1. The van der Waals surface area contributed by atoms with Crippen LogP contribution in [-0.4, -0.2) is 36.6 Å². The Bertz CT molecular complexity index is 1370. The highest BCUT2D eigenvalue weighted by Crippen LogP contribution is 2.27. The van der Waals surface area contributed by atoms with E-state index in [1.165, 1.54) is 22.2 Å². The van der Waals surface area contributed by atoms with Crippen LogP contribution >= 0.6 is 22.9 Å². The van der Waals surface area contributed by atoms with E-state index in [9.17, 15) is 9.59 Å². The Balaban J connectivity index is 1.48. The van der Waals surface area contributed by atoms with Crippen LogP contribution in [0.5, 0.6) is 0 Å². The molecule has 0 saturated heterocycles. The molecule has 4 aromatic rings. The summed E-state index contributed by atoms with van der Waals surface area (Å²) in [7, 11) is 0. The number of rotatable bonds is 7. The van der Waals surface area contributed by atoms with Gasteiger partial charge in [0, 0.05) is 23.9 Å². The van der Waals surface area contributed by atoms with Crippen molar-refractivity contribution in [1.82, 2.24) is 24.6 Å². The quantitative estimate of drug-likeness (QED) is 0.379. The third-order valence-corrected chi connectivity index (χ3v) is 6.99. The summed E-state index contributed by atoms with van der Waals surface area (Å²) >= 11 is 7.72. The Hall–Kier alpha value is -3.04. The Morgan fingerprint density at radius 2 is 2.00 bits per heavy atom. The maximum atomic E-state index is 13.0. The minimum Gasteiger partial charge on any atom is -0.419 e. The first-order valence-electron chi connectivity index (χ1n) is 10.6. The topological polar surface area (TPSA) is 94.1 Å². The molecule has 4 rings (SSSR count). The van der Waals surface area contributed by atoms with Gasteiger partial charge in [0.1, 0.15) is 4.83 Å². The predicted molar refractivity (Wildman–Crippen MR) is 128 cm³/mol. The summed E-state index contributed by atoms with van der Waals surface area (Å²) in [6.45, 7) is 8.15. The van der Waals surface area contributed by atoms with Crippen molar-refractivity contribution < 1.29 is 9.21 Å². The largest absolute Gasteiger partial charge is 0.419 e. The molecule has 0 bridgehead atoms. The molecular formula is C23H24ClN5O3S. The molecule has 0 aliphatic heterocycles. The summed E-state index contributed by atoms with van der Waals surface area (Å²) in [5, 5.41) is 9.30. The van der Waals surface area contributed by atoms with E-state index in [1.807, 2.05) is 39.8 Å². The van der Waals surface area contributed by atoms with Crippen LogP contribution in [0.4, 0.5) is 0 Å². The molecule has 0 unspecified atom stereocenters. The Kier molecular flexibility index (Phi) is 6.62. The van der Waals surface area contributed by atoms with Gasteiger partial charge in [-0.05, 0) is 45.4 Å².